The Bertz CT molecular complexity index is 612. The summed E-state index contributed by atoms with van der Waals surface area (Å²) in [5, 5.41) is 11.5. The Morgan fingerprint density at radius 3 is 2.72 bits per heavy atom. The summed E-state index contributed by atoms with van der Waals surface area (Å²) >= 11 is 0.895. The summed E-state index contributed by atoms with van der Waals surface area (Å²) in [4.78, 5) is 25.8. The Hall–Kier alpha value is -2.28. The number of carbonyl (C=O) groups excluding carboxylic acids is 1. The molecular formula is C11H7FN2O3S. The number of aromatic carboxylic acids is 1. The van der Waals surface area contributed by atoms with Crippen molar-refractivity contribution in [3.05, 3.63) is 46.9 Å². The molecule has 2 aromatic rings. The molecule has 0 aliphatic heterocycles. The van der Waals surface area contributed by atoms with E-state index in [4.69, 9.17) is 5.11 Å². The normalized spacial score (nSPS) is 10.1. The molecule has 2 aromatic heterocycles. The molecule has 0 aliphatic carbocycles. The maximum Gasteiger partial charge on any atom is 0.345 e. The van der Waals surface area contributed by atoms with E-state index in [0.717, 1.165) is 11.3 Å². The smallest absolute Gasteiger partial charge is 0.345 e. The van der Waals surface area contributed by atoms with E-state index in [-0.39, 0.29) is 10.4 Å². The number of halogens is 1. The highest BCUT2D eigenvalue weighted by molar-refractivity contribution is 7.18. The third-order valence-electron chi connectivity index (χ3n) is 2.06. The number of nitrogens with one attached hydrogen (secondary N) is 1. The van der Waals surface area contributed by atoms with Crippen LogP contribution in [0.15, 0.2) is 30.5 Å². The number of carbonyl (C=O) groups is 2. The molecule has 0 aliphatic rings. The number of pyridine rings is 1. The van der Waals surface area contributed by atoms with Crippen LogP contribution >= 0.6 is 11.3 Å². The van der Waals surface area contributed by atoms with Gasteiger partial charge in [-0.3, -0.25) is 4.79 Å². The fourth-order valence-electron chi connectivity index (χ4n) is 1.25. The minimum absolute atomic E-state index is 0.0944. The number of carboxylic acids is 1. The fourth-order valence-corrected chi connectivity index (χ4v) is 1.99. The van der Waals surface area contributed by atoms with Gasteiger partial charge in [0.25, 0.3) is 5.91 Å². The van der Waals surface area contributed by atoms with Gasteiger partial charge in [-0.1, -0.05) is 0 Å². The standard InChI is InChI=1S/C11H7FN2O3S/c12-9-6(2-1-5-13-9)10(15)14-8-4-3-7(18-8)11(16)17/h1-5H,(H,14,15)(H,16,17). The predicted octanol–water partition coefficient (Wildman–Crippen LogP) is 2.23. The Morgan fingerprint density at radius 1 is 1.33 bits per heavy atom. The Balaban J connectivity index is 2.16. The van der Waals surface area contributed by atoms with Gasteiger partial charge in [-0.15, -0.1) is 11.3 Å². The number of aromatic nitrogens is 1. The average molecular weight is 266 g/mol. The number of thiophene rings is 1. The summed E-state index contributed by atoms with van der Waals surface area (Å²) in [6.45, 7) is 0. The molecule has 92 valence electrons. The number of anilines is 1. The van der Waals surface area contributed by atoms with Crippen molar-refractivity contribution in [1.29, 1.82) is 0 Å². The lowest BCUT2D eigenvalue weighted by Crippen LogP contribution is -2.13. The third-order valence-corrected chi connectivity index (χ3v) is 3.05. The van der Waals surface area contributed by atoms with Crippen LogP contribution in [0.2, 0.25) is 0 Å². The van der Waals surface area contributed by atoms with Gasteiger partial charge in [0.05, 0.1) is 10.6 Å². The zero-order valence-electron chi connectivity index (χ0n) is 8.88. The molecule has 0 atom stereocenters. The van der Waals surface area contributed by atoms with E-state index in [0.29, 0.717) is 5.00 Å². The summed E-state index contributed by atoms with van der Waals surface area (Å²) in [7, 11) is 0. The van der Waals surface area contributed by atoms with Crippen molar-refractivity contribution < 1.29 is 19.1 Å². The first-order chi connectivity index (χ1) is 8.58. The van der Waals surface area contributed by atoms with Gasteiger partial charge in [-0.2, -0.15) is 4.39 Å². The fraction of sp³-hybridized carbons (Fsp3) is 0. The minimum atomic E-state index is -1.08. The molecule has 0 unspecified atom stereocenters. The molecule has 2 N–H and O–H groups in total. The maximum absolute atomic E-state index is 13.2. The van der Waals surface area contributed by atoms with E-state index in [1.807, 2.05) is 0 Å². The number of carboxylic acid groups (broad SMARTS) is 1. The van der Waals surface area contributed by atoms with Gasteiger partial charge in [0.1, 0.15) is 4.88 Å². The monoisotopic (exact) mass is 266 g/mol. The molecule has 0 fully saturated rings. The van der Waals surface area contributed by atoms with Gasteiger partial charge >= 0.3 is 5.97 Å². The first-order valence-corrected chi connectivity index (χ1v) is 5.64. The van der Waals surface area contributed by atoms with Crippen molar-refractivity contribution in [2.24, 2.45) is 0 Å². The van der Waals surface area contributed by atoms with Crippen LogP contribution in [-0.4, -0.2) is 22.0 Å². The Labute approximate surface area is 105 Å². The lowest BCUT2D eigenvalue weighted by atomic mass is 10.2. The summed E-state index contributed by atoms with van der Waals surface area (Å²) < 4.78 is 13.2. The molecule has 7 heteroatoms. The number of hydrogen-bond acceptors (Lipinski definition) is 4. The van der Waals surface area contributed by atoms with Gasteiger partial charge in [-0.25, -0.2) is 9.78 Å². The van der Waals surface area contributed by atoms with Gasteiger partial charge in [-0.05, 0) is 24.3 Å². The van der Waals surface area contributed by atoms with Crippen LogP contribution in [-0.2, 0) is 0 Å². The molecule has 0 aromatic carbocycles. The quantitative estimate of drug-likeness (QED) is 0.835. The molecule has 0 bridgehead atoms. The lowest BCUT2D eigenvalue weighted by Gasteiger charge is -2.02. The second-order valence-corrected chi connectivity index (χ2v) is 4.35. The van der Waals surface area contributed by atoms with E-state index in [9.17, 15) is 14.0 Å². The van der Waals surface area contributed by atoms with Gasteiger partial charge in [0.2, 0.25) is 5.95 Å². The molecule has 0 saturated heterocycles. The molecule has 0 saturated carbocycles. The van der Waals surface area contributed by atoms with Crippen LogP contribution in [0.5, 0.6) is 0 Å². The first kappa shape index (κ1) is 12.2. The maximum atomic E-state index is 13.2. The van der Waals surface area contributed by atoms with E-state index in [1.165, 1.54) is 30.5 Å². The molecule has 2 heterocycles. The van der Waals surface area contributed by atoms with Gasteiger partial charge in [0.15, 0.2) is 0 Å². The molecular weight excluding hydrogens is 259 g/mol. The number of nitrogens with zero attached hydrogens (tertiary/aromatic N) is 1. The Morgan fingerprint density at radius 2 is 2.11 bits per heavy atom. The SMILES string of the molecule is O=C(O)c1ccc(NC(=O)c2cccnc2F)s1. The van der Waals surface area contributed by atoms with Gasteiger partial charge < -0.3 is 10.4 Å². The molecule has 0 radical (unpaired) electrons. The largest absolute Gasteiger partial charge is 0.477 e. The molecule has 5 nitrogen and oxygen atoms in total. The number of rotatable bonds is 3. The van der Waals surface area contributed by atoms with Crippen LogP contribution in [0.25, 0.3) is 0 Å². The highest BCUT2D eigenvalue weighted by Crippen LogP contribution is 2.22. The summed E-state index contributed by atoms with van der Waals surface area (Å²) in [6, 6.07) is 5.54. The van der Waals surface area contributed by atoms with Gasteiger partial charge in [0, 0.05) is 6.20 Å². The summed E-state index contributed by atoms with van der Waals surface area (Å²) in [5.74, 6) is -2.61. The summed E-state index contributed by atoms with van der Waals surface area (Å²) in [6.07, 6.45) is 1.24. The zero-order chi connectivity index (χ0) is 13.1. The van der Waals surface area contributed by atoms with Crippen molar-refractivity contribution >= 4 is 28.2 Å². The second kappa shape index (κ2) is 4.92. The Kier molecular flexibility index (Phi) is 3.33. The zero-order valence-corrected chi connectivity index (χ0v) is 9.70. The molecule has 2 rings (SSSR count). The molecule has 0 spiro atoms. The van der Waals surface area contributed by atoms with Crippen molar-refractivity contribution in [3.8, 4) is 0 Å². The minimum Gasteiger partial charge on any atom is -0.477 e. The van der Waals surface area contributed by atoms with Crippen LogP contribution < -0.4 is 5.32 Å². The van der Waals surface area contributed by atoms with Crippen molar-refractivity contribution in [2.45, 2.75) is 0 Å². The predicted molar refractivity (Wildman–Crippen MR) is 63.4 cm³/mol. The second-order valence-electron chi connectivity index (χ2n) is 3.26. The number of amides is 1. The highest BCUT2D eigenvalue weighted by atomic mass is 32.1. The average Bonchev–Trinajstić information content (AvgIpc) is 2.78. The van der Waals surface area contributed by atoms with Crippen LogP contribution in [0.4, 0.5) is 9.39 Å². The van der Waals surface area contributed by atoms with Crippen LogP contribution in [0.3, 0.4) is 0 Å². The third kappa shape index (κ3) is 2.51. The highest BCUT2D eigenvalue weighted by Gasteiger charge is 2.14. The van der Waals surface area contributed by atoms with Crippen molar-refractivity contribution in [1.82, 2.24) is 4.98 Å². The molecule has 18 heavy (non-hydrogen) atoms. The van der Waals surface area contributed by atoms with E-state index in [1.54, 1.807) is 0 Å². The molecule has 1 amide bonds. The lowest BCUT2D eigenvalue weighted by molar-refractivity contribution is 0.0702. The van der Waals surface area contributed by atoms with Crippen molar-refractivity contribution in [3.63, 3.8) is 0 Å². The summed E-state index contributed by atoms with van der Waals surface area (Å²) in [5.41, 5.74) is -0.192. The number of hydrogen-bond donors (Lipinski definition) is 2. The topological polar surface area (TPSA) is 79.3 Å². The van der Waals surface area contributed by atoms with Crippen LogP contribution in [0.1, 0.15) is 20.0 Å². The first-order valence-electron chi connectivity index (χ1n) is 4.83. The van der Waals surface area contributed by atoms with E-state index < -0.39 is 17.8 Å². The van der Waals surface area contributed by atoms with E-state index >= 15 is 0 Å². The van der Waals surface area contributed by atoms with Crippen molar-refractivity contribution in [2.75, 3.05) is 5.32 Å². The van der Waals surface area contributed by atoms with E-state index in [2.05, 4.69) is 10.3 Å². The van der Waals surface area contributed by atoms with Crippen LogP contribution in [0, 0.1) is 5.95 Å².